The van der Waals surface area contributed by atoms with Crippen molar-refractivity contribution in [3.05, 3.63) is 65.7 Å². The molecule has 0 radical (unpaired) electrons. The molecule has 1 fully saturated rings. The maximum Gasteiger partial charge on any atom is 0.430 e. The molecule has 39 heavy (non-hydrogen) atoms. The lowest BCUT2D eigenvalue weighted by molar-refractivity contribution is -0.412. The molecule has 1 aliphatic rings. The van der Waals surface area contributed by atoms with Gasteiger partial charge in [-0.05, 0) is 50.8 Å². The van der Waals surface area contributed by atoms with Crippen molar-refractivity contribution in [3.8, 4) is 0 Å². The lowest BCUT2D eigenvalue weighted by Crippen LogP contribution is -2.61. The third kappa shape index (κ3) is 7.72. The van der Waals surface area contributed by atoms with Crippen LogP contribution in [0.4, 0.5) is 26.3 Å². The van der Waals surface area contributed by atoms with Crippen LogP contribution in [0.25, 0.3) is 0 Å². The third-order valence-electron chi connectivity index (χ3n) is 6.69. The summed E-state index contributed by atoms with van der Waals surface area (Å²) in [7, 11) is -4.03. The Morgan fingerprint density at radius 3 is 1.92 bits per heavy atom. The maximum absolute atomic E-state index is 13.3. The lowest BCUT2D eigenvalue weighted by atomic mass is 9.85. The fourth-order valence-electron chi connectivity index (χ4n) is 4.21. The number of piperidine rings is 1. The Hall–Kier alpha value is -3.13. The van der Waals surface area contributed by atoms with Crippen molar-refractivity contribution < 1.29 is 55.2 Å². The minimum absolute atomic E-state index is 0.117. The van der Waals surface area contributed by atoms with E-state index in [0.29, 0.717) is 32.0 Å². The molecule has 3 rings (SSSR count). The number of benzene rings is 2. The minimum atomic E-state index is -5.19. The molecule has 1 heterocycles. The highest BCUT2D eigenvalue weighted by Gasteiger charge is 2.45. The average molecular weight is 583 g/mol. The average Bonchev–Trinajstić information content (AvgIpc) is 2.87. The number of carboxylic acid groups (broad SMARTS) is 1. The molecule has 0 bridgehead atoms. The highest BCUT2D eigenvalue weighted by Crippen LogP contribution is 2.39. The molecule has 0 saturated carbocycles. The van der Waals surface area contributed by atoms with Crippen LogP contribution in [-0.4, -0.2) is 49.2 Å². The number of rotatable bonds is 5. The molecule has 1 atom stereocenters. The van der Waals surface area contributed by atoms with Crippen LogP contribution in [0.1, 0.15) is 43.9 Å². The zero-order valence-electron chi connectivity index (χ0n) is 21.1. The van der Waals surface area contributed by atoms with Gasteiger partial charge in [-0.1, -0.05) is 36.4 Å². The number of aliphatic carboxylic acids is 1. The van der Waals surface area contributed by atoms with E-state index in [4.69, 9.17) is 9.90 Å². The van der Waals surface area contributed by atoms with E-state index >= 15 is 0 Å². The second kappa shape index (κ2) is 11.9. The number of alkyl halides is 6. The summed E-state index contributed by atoms with van der Waals surface area (Å²) in [4.78, 5) is 23.0. The van der Waals surface area contributed by atoms with Crippen LogP contribution in [-0.2, 0) is 25.6 Å². The topological polar surface area (TPSA) is 122 Å². The molecule has 2 aromatic carbocycles. The molecule has 1 aliphatic heterocycles. The van der Waals surface area contributed by atoms with Crippen LogP contribution in [0.3, 0.4) is 0 Å². The summed E-state index contributed by atoms with van der Waals surface area (Å²) < 4.78 is 96.1. The van der Waals surface area contributed by atoms with Gasteiger partial charge in [0.1, 0.15) is 5.97 Å². The lowest BCUT2D eigenvalue weighted by Gasteiger charge is -2.40. The molecular weight excluding hydrogens is 554 g/mol. The molecule has 0 aliphatic carbocycles. The Labute approximate surface area is 221 Å². The maximum atomic E-state index is 13.3. The van der Waals surface area contributed by atoms with E-state index in [1.807, 2.05) is 30.3 Å². The molecular formula is C25H28F6N2O5S. The van der Waals surface area contributed by atoms with Gasteiger partial charge < -0.3 is 20.5 Å². The highest BCUT2D eigenvalue weighted by molar-refractivity contribution is 7.92. The molecule has 14 heteroatoms. The molecule has 3 N–H and O–H groups in total. The number of hydrogen-bond donors (Lipinski definition) is 1. The van der Waals surface area contributed by atoms with Gasteiger partial charge in [0.15, 0.2) is 15.9 Å². The molecule has 216 valence electrons. The normalized spacial score (nSPS) is 16.2. The first-order chi connectivity index (χ1) is 17.8. The van der Waals surface area contributed by atoms with Crippen LogP contribution in [0, 0.1) is 5.92 Å². The van der Waals surface area contributed by atoms with Gasteiger partial charge in [-0.25, -0.2) is 8.42 Å². The van der Waals surface area contributed by atoms with Gasteiger partial charge in [-0.3, -0.25) is 4.79 Å². The van der Waals surface area contributed by atoms with Crippen LogP contribution in [0.15, 0.2) is 59.5 Å². The summed E-state index contributed by atoms with van der Waals surface area (Å²) in [6.45, 7) is 3.87. The molecule has 0 spiro atoms. The number of carbonyl (C=O) groups is 2. The number of amides is 1. The zero-order valence-corrected chi connectivity index (χ0v) is 21.9. The Kier molecular flexibility index (Phi) is 9.83. The Balaban J connectivity index is 0.000000673. The van der Waals surface area contributed by atoms with E-state index in [-0.39, 0.29) is 16.7 Å². The van der Waals surface area contributed by atoms with Crippen molar-refractivity contribution in [2.45, 2.75) is 54.7 Å². The molecule has 7 nitrogen and oxygen atoms in total. The second-order valence-corrected chi connectivity index (χ2v) is 12.0. The standard InChI is InChI=1S/C23H27F3N2O3S.C2HF3O2/c1-22(2,32(30,31)19-10-6-9-18(15-19)23(24,25)26)17-11-13-28(14-12-17)21(29)20(27)16-7-4-3-5-8-16;3-2(4,5)1(6)7/h3-10,15,17,20H,11-14,27H2,1-2H3;(H,6,7). The van der Waals surface area contributed by atoms with Crippen molar-refractivity contribution >= 4 is 21.7 Å². The summed E-state index contributed by atoms with van der Waals surface area (Å²) in [5.41, 5.74) is 3.80. The summed E-state index contributed by atoms with van der Waals surface area (Å²) in [6, 6.07) is 12.6. The van der Waals surface area contributed by atoms with Gasteiger partial charge in [0, 0.05) is 18.7 Å². The second-order valence-electron chi connectivity index (χ2n) is 9.48. The number of quaternary nitrogens is 1. The Morgan fingerprint density at radius 1 is 0.949 bits per heavy atom. The van der Waals surface area contributed by atoms with Crippen LogP contribution >= 0.6 is 0 Å². The first-order valence-electron chi connectivity index (χ1n) is 11.7. The van der Waals surface area contributed by atoms with Gasteiger partial charge in [-0.15, -0.1) is 0 Å². The monoisotopic (exact) mass is 582 g/mol. The smallest absolute Gasteiger partial charge is 0.430 e. The van der Waals surface area contributed by atoms with E-state index in [9.17, 15) is 39.6 Å². The fourth-order valence-corrected chi connectivity index (χ4v) is 6.03. The van der Waals surface area contributed by atoms with E-state index in [1.165, 1.54) is 6.07 Å². The first kappa shape index (κ1) is 32.1. The third-order valence-corrected chi connectivity index (χ3v) is 9.28. The molecule has 1 amide bonds. The number of nitrogens with zero attached hydrogens (tertiary/aromatic N) is 1. The molecule has 1 unspecified atom stereocenters. The van der Waals surface area contributed by atoms with E-state index in [1.54, 1.807) is 18.7 Å². The zero-order chi connectivity index (χ0) is 29.8. The molecule has 2 aromatic rings. The Bertz CT molecular complexity index is 1260. The van der Waals surface area contributed by atoms with Gasteiger partial charge in [0.2, 0.25) is 0 Å². The predicted molar refractivity (Wildman–Crippen MR) is 125 cm³/mol. The van der Waals surface area contributed by atoms with Crippen LogP contribution in [0.2, 0.25) is 0 Å². The quantitative estimate of drug-likeness (QED) is 0.544. The van der Waals surface area contributed by atoms with Gasteiger partial charge in [0.05, 0.1) is 15.2 Å². The Morgan fingerprint density at radius 2 is 1.46 bits per heavy atom. The summed E-state index contributed by atoms with van der Waals surface area (Å²) in [5.74, 6) is -3.42. The number of likely N-dealkylation sites (tertiary alicyclic amines) is 1. The SMILES string of the molecule is CC(C)(C1CCN(C(=O)C([NH3+])c2ccccc2)CC1)S(=O)(=O)c1cccc(C(F)(F)F)c1.O=C([O-])C(F)(F)F. The predicted octanol–water partition coefficient (Wildman–Crippen LogP) is 2.78. The summed E-state index contributed by atoms with van der Waals surface area (Å²) in [6.07, 6.45) is -8.93. The van der Waals surface area contributed by atoms with Crippen molar-refractivity contribution in [3.63, 3.8) is 0 Å². The minimum Gasteiger partial charge on any atom is -0.542 e. The van der Waals surface area contributed by atoms with Crippen molar-refractivity contribution in [1.82, 2.24) is 4.90 Å². The molecule has 1 saturated heterocycles. The molecule has 0 aromatic heterocycles. The van der Waals surface area contributed by atoms with Gasteiger partial charge in [-0.2, -0.15) is 26.3 Å². The van der Waals surface area contributed by atoms with Crippen LogP contribution < -0.4 is 10.8 Å². The number of sulfone groups is 1. The largest absolute Gasteiger partial charge is 0.542 e. The van der Waals surface area contributed by atoms with Gasteiger partial charge in [0.25, 0.3) is 5.91 Å². The van der Waals surface area contributed by atoms with Crippen molar-refractivity contribution in [2.24, 2.45) is 5.92 Å². The number of halogens is 6. The number of hydrogen-bond acceptors (Lipinski definition) is 5. The number of carboxylic acids is 1. The van der Waals surface area contributed by atoms with E-state index in [2.05, 4.69) is 5.73 Å². The number of carbonyl (C=O) groups excluding carboxylic acids is 2. The van der Waals surface area contributed by atoms with E-state index < -0.39 is 44.5 Å². The van der Waals surface area contributed by atoms with Gasteiger partial charge >= 0.3 is 12.4 Å². The first-order valence-corrected chi connectivity index (χ1v) is 13.1. The van der Waals surface area contributed by atoms with Crippen LogP contribution in [0.5, 0.6) is 0 Å². The highest BCUT2D eigenvalue weighted by atomic mass is 32.2. The van der Waals surface area contributed by atoms with Crippen molar-refractivity contribution in [1.29, 1.82) is 0 Å². The fraction of sp³-hybridized carbons (Fsp3) is 0.440. The summed E-state index contributed by atoms with van der Waals surface area (Å²) >= 11 is 0. The summed E-state index contributed by atoms with van der Waals surface area (Å²) in [5, 5.41) is 8.78. The van der Waals surface area contributed by atoms with E-state index in [0.717, 1.165) is 17.7 Å². The van der Waals surface area contributed by atoms with Crippen molar-refractivity contribution in [2.75, 3.05) is 13.1 Å².